The number of nitrogens with zero attached hydrogens (tertiary/aromatic N) is 1. The van der Waals surface area contributed by atoms with Gasteiger partial charge in [-0.05, 0) is 64.7 Å². The molecule has 0 spiro atoms. The lowest BCUT2D eigenvalue weighted by molar-refractivity contribution is 0.597. The van der Waals surface area contributed by atoms with Crippen LogP contribution in [-0.4, -0.2) is 13.4 Å². The summed E-state index contributed by atoms with van der Waals surface area (Å²) >= 11 is 3.37. The standard InChI is InChI=1S/C14H16BrN3O2S/c1-9-3-13(21(16,19)20)5-14(10(9)2)18-7-11-4-12(15)8-17-6-11/h3-6,8,18H,7H2,1-2H3,(H2,16,19,20). The van der Waals surface area contributed by atoms with Crippen molar-refractivity contribution in [3.63, 3.8) is 0 Å². The number of hydrogen-bond donors (Lipinski definition) is 2. The molecule has 0 aliphatic rings. The Morgan fingerprint density at radius 3 is 2.57 bits per heavy atom. The highest BCUT2D eigenvalue weighted by Gasteiger charge is 2.12. The highest BCUT2D eigenvalue weighted by molar-refractivity contribution is 9.10. The fourth-order valence-corrected chi connectivity index (χ4v) is 2.96. The number of aryl methyl sites for hydroxylation is 1. The van der Waals surface area contributed by atoms with Gasteiger partial charge in [0.1, 0.15) is 0 Å². The first kappa shape index (κ1) is 15.9. The summed E-state index contributed by atoms with van der Waals surface area (Å²) in [5.41, 5.74) is 3.60. The molecule has 2 rings (SSSR count). The predicted octanol–water partition coefficient (Wildman–Crippen LogP) is 2.72. The Hall–Kier alpha value is -1.44. The molecule has 0 aliphatic heterocycles. The minimum Gasteiger partial charge on any atom is -0.381 e. The van der Waals surface area contributed by atoms with Crippen LogP contribution in [0, 0.1) is 13.8 Å². The van der Waals surface area contributed by atoms with E-state index in [0.717, 1.165) is 26.9 Å². The number of primary sulfonamides is 1. The molecule has 0 fully saturated rings. The Balaban J connectivity index is 2.29. The van der Waals surface area contributed by atoms with E-state index >= 15 is 0 Å². The van der Waals surface area contributed by atoms with Crippen LogP contribution < -0.4 is 10.5 Å². The Morgan fingerprint density at radius 2 is 1.95 bits per heavy atom. The van der Waals surface area contributed by atoms with Crippen molar-refractivity contribution in [2.45, 2.75) is 25.3 Å². The first-order chi connectivity index (χ1) is 9.77. The number of anilines is 1. The molecule has 0 radical (unpaired) electrons. The number of nitrogens with one attached hydrogen (secondary N) is 1. The average Bonchev–Trinajstić information content (AvgIpc) is 2.39. The van der Waals surface area contributed by atoms with Crippen molar-refractivity contribution in [3.05, 3.63) is 51.8 Å². The van der Waals surface area contributed by atoms with E-state index in [2.05, 4.69) is 26.2 Å². The number of nitrogens with two attached hydrogens (primary N) is 1. The SMILES string of the molecule is Cc1cc(S(N)(=O)=O)cc(NCc2cncc(Br)c2)c1C. The van der Waals surface area contributed by atoms with Gasteiger partial charge >= 0.3 is 0 Å². The summed E-state index contributed by atoms with van der Waals surface area (Å²) in [5, 5.41) is 8.43. The molecule has 1 aromatic carbocycles. The minimum atomic E-state index is -3.71. The maximum Gasteiger partial charge on any atom is 0.238 e. The zero-order valence-electron chi connectivity index (χ0n) is 11.7. The van der Waals surface area contributed by atoms with Crippen molar-refractivity contribution in [1.29, 1.82) is 0 Å². The maximum absolute atomic E-state index is 11.5. The van der Waals surface area contributed by atoms with E-state index in [1.807, 2.05) is 19.9 Å². The van der Waals surface area contributed by atoms with E-state index in [0.29, 0.717) is 6.54 Å². The summed E-state index contributed by atoms with van der Waals surface area (Å²) in [6.07, 6.45) is 3.46. The zero-order chi connectivity index (χ0) is 15.6. The number of aromatic nitrogens is 1. The van der Waals surface area contributed by atoms with Crippen LogP contribution in [0.5, 0.6) is 0 Å². The third-order valence-electron chi connectivity index (χ3n) is 3.21. The molecular formula is C14H16BrN3O2S. The summed E-state index contributed by atoms with van der Waals surface area (Å²) in [7, 11) is -3.71. The van der Waals surface area contributed by atoms with Crippen molar-refractivity contribution < 1.29 is 8.42 Å². The van der Waals surface area contributed by atoms with Crippen LogP contribution in [-0.2, 0) is 16.6 Å². The molecule has 1 heterocycles. The largest absolute Gasteiger partial charge is 0.381 e. The lowest BCUT2D eigenvalue weighted by atomic mass is 10.1. The molecule has 2 aromatic rings. The number of benzene rings is 1. The van der Waals surface area contributed by atoms with Gasteiger partial charge in [0.25, 0.3) is 0 Å². The minimum absolute atomic E-state index is 0.112. The van der Waals surface area contributed by atoms with E-state index in [9.17, 15) is 8.42 Å². The number of pyridine rings is 1. The van der Waals surface area contributed by atoms with Crippen molar-refractivity contribution in [2.75, 3.05) is 5.32 Å². The molecule has 0 saturated heterocycles. The van der Waals surface area contributed by atoms with E-state index in [1.54, 1.807) is 24.5 Å². The number of sulfonamides is 1. The van der Waals surface area contributed by atoms with E-state index in [1.165, 1.54) is 0 Å². The quantitative estimate of drug-likeness (QED) is 0.867. The van der Waals surface area contributed by atoms with Gasteiger partial charge in [0.05, 0.1) is 4.90 Å². The van der Waals surface area contributed by atoms with Gasteiger partial charge in [-0.1, -0.05) is 0 Å². The second-order valence-corrected chi connectivity index (χ2v) is 7.30. The first-order valence-electron chi connectivity index (χ1n) is 6.25. The summed E-state index contributed by atoms with van der Waals surface area (Å²) in [6.45, 7) is 4.33. The second-order valence-electron chi connectivity index (χ2n) is 4.82. The smallest absolute Gasteiger partial charge is 0.238 e. The van der Waals surface area contributed by atoms with Gasteiger partial charge in [-0.2, -0.15) is 0 Å². The Labute approximate surface area is 132 Å². The second kappa shape index (κ2) is 6.13. The van der Waals surface area contributed by atoms with Crippen molar-refractivity contribution in [3.8, 4) is 0 Å². The molecule has 7 heteroatoms. The van der Waals surface area contributed by atoms with Gasteiger partial charge in [0.2, 0.25) is 10.0 Å². The van der Waals surface area contributed by atoms with Gasteiger partial charge in [0, 0.05) is 29.1 Å². The molecule has 0 atom stereocenters. The topological polar surface area (TPSA) is 85.1 Å². The van der Waals surface area contributed by atoms with Crippen LogP contribution in [0.25, 0.3) is 0 Å². The average molecular weight is 370 g/mol. The lowest BCUT2D eigenvalue weighted by Gasteiger charge is -2.13. The van der Waals surface area contributed by atoms with Crippen LogP contribution in [0.15, 0.2) is 40.0 Å². The van der Waals surface area contributed by atoms with E-state index < -0.39 is 10.0 Å². The Bertz CT molecular complexity index is 776. The van der Waals surface area contributed by atoms with Crippen LogP contribution >= 0.6 is 15.9 Å². The van der Waals surface area contributed by atoms with Gasteiger partial charge in [-0.15, -0.1) is 0 Å². The van der Waals surface area contributed by atoms with E-state index in [-0.39, 0.29) is 4.90 Å². The molecule has 1 aromatic heterocycles. The summed E-state index contributed by atoms with van der Waals surface area (Å²) in [6, 6.07) is 5.09. The molecule has 0 saturated carbocycles. The predicted molar refractivity (Wildman–Crippen MR) is 86.6 cm³/mol. The summed E-state index contributed by atoms with van der Waals surface area (Å²) in [5.74, 6) is 0. The molecule has 112 valence electrons. The van der Waals surface area contributed by atoms with Crippen molar-refractivity contribution in [2.24, 2.45) is 5.14 Å². The number of halogens is 1. The fraction of sp³-hybridized carbons (Fsp3) is 0.214. The maximum atomic E-state index is 11.5. The van der Waals surface area contributed by atoms with Crippen LogP contribution in [0.4, 0.5) is 5.69 Å². The zero-order valence-corrected chi connectivity index (χ0v) is 14.1. The Morgan fingerprint density at radius 1 is 1.24 bits per heavy atom. The van der Waals surface area contributed by atoms with Crippen LogP contribution in [0.2, 0.25) is 0 Å². The normalized spacial score (nSPS) is 11.4. The van der Waals surface area contributed by atoms with Gasteiger partial charge in [-0.3, -0.25) is 4.98 Å². The highest BCUT2D eigenvalue weighted by Crippen LogP contribution is 2.24. The van der Waals surface area contributed by atoms with E-state index in [4.69, 9.17) is 5.14 Å². The van der Waals surface area contributed by atoms with Crippen molar-refractivity contribution in [1.82, 2.24) is 4.98 Å². The molecule has 0 unspecified atom stereocenters. The van der Waals surface area contributed by atoms with Crippen LogP contribution in [0.1, 0.15) is 16.7 Å². The van der Waals surface area contributed by atoms with Crippen LogP contribution in [0.3, 0.4) is 0 Å². The third-order valence-corrected chi connectivity index (χ3v) is 4.54. The van der Waals surface area contributed by atoms with Gasteiger partial charge < -0.3 is 5.32 Å². The Kier molecular flexibility index (Phi) is 4.65. The summed E-state index contributed by atoms with van der Waals surface area (Å²) in [4.78, 5) is 4.20. The molecule has 0 amide bonds. The van der Waals surface area contributed by atoms with Crippen molar-refractivity contribution >= 4 is 31.6 Å². The first-order valence-corrected chi connectivity index (χ1v) is 8.58. The third kappa shape index (κ3) is 4.03. The number of rotatable bonds is 4. The molecule has 0 bridgehead atoms. The molecule has 5 nitrogen and oxygen atoms in total. The van der Waals surface area contributed by atoms with Gasteiger partial charge in [-0.25, -0.2) is 13.6 Å². The summed E-state index contributed by atoms with van der Waals surface area (Å²) < 4.78 is 23.9. The number of hydrogen-bond acceptors (Lipinski definition) is 4. The molecular weight excluding hydrogens is 354 g/mol. The highest BCUT2D eigenvalue weighted by atomic mass is 79.9. The lowest BCUT2D eigenvalue weighted by Crippen LogP contribution is -2.13. The fourth-order valence-electron chi connectivity index (χ4n) is 1.92. The molecule has 0 aliphatic carbocycles. The molecule has 21 heavy (non-hydrogen) atoms. The monoisotopic (exact) mass is 369 g/mol. The molecule has 3 N–H and O–H groups in total. The van der Waals surface area contributed by atoms with Gasteiger partial charge in [0.15, 0.2) is 0 Å².